The topological polar surface area (TPSA) is 53.2 Å². The summed E-state index contributed by atoms with van der Waals surface area (Å²) in [7, 11) is 0. The predicted molar refractivity (Wildman–Crippen MR) is 52.9 cm³/mol. The SMILES string of the molecule is CC(C)(O)COc1ccccc1C#N. The van der Waals surface area contributed by atoms with Gasteiger partial charge in [-0.25, -0.2) is 0 Å². The molecule has 0 heterocycles. The van der Waals surface area contributed by atoms with Crippen LogP contribution in [0.1, 0.15) is 19.4 Å². The van der Waals surface area contributed by atoms with E-state index in [1.54, 1.807) is 38.1 Å². The molecule has 0 aromatic heterocycles. The van der Waals surface area contributed by atoms with Gasteiger partial charge in [0.25, 0.3) is 0 Å². The maximum Gasteiger partial charge on any atom is 0.137 e. The third kappa shape index (κ3) is 3.08. The van der Waals surface area contributed by atoms with Crippen LogP contribution in [-0.4, -0.2) is 17.3 Å². The fourth-order valence-electron chi connectivity index (χ4n) is 0.939. The largest absolute Gasteiger partial charge is 0.489 e. The lowest BCUT2D eigenvalue weighted by Crippen LogP contribution is -2.28. The maximum atomic E-state index is 9.43. The number of nitriles is 1. The average Bonchev–Trinajstić information content (AvgIpc) is 2.14. The van der Waals surface area contributed by atoms with Crippen molar-refractivity contribution in [3.8, 4) is 11.8 Å². The molecule has 1 aromatic rings. The molecule has 0 aliphatic carbocycles. The Kier molecular flexibility index (Phi) is 3.10. The number of para-hydroxylation sites is 1. The summed E-state index contributed by atoms with van der Waals surface area (Å²) in [6.07, 6.45) is 0. The van der Waals surface area contributed by atoms with Gasteiger partial charge in [-0.3, -0.25) is 0 Å². The molecular weight excluding hydrogens is 178 g/mol. The van der Waals surface area contributed by atoms with Gasteiger partial charge in [-0.1, -0.05) is 12.1 Å². The zero-order valence-corrected chi connectivity index (χ0v) is 8.32. The summed E-state index contributed by atoms with van der Waals surface area (Å²) in [6, 6.07) is 8.98. The summed E-state index contributed by atoms with van der Waals surface area (Å²) < 4.78 is 5.32. The molecule has 0 bridgehead atoms. The molecule has 0 aliphatic rings. The molecule has 74 valence electrons. The zero-order chi connectivity index (χ0) is 10.6. The first-order valence-electron chi connectivity index (χ1n) is 4.37. The first-order valence-corrected chi connectivity index (χ1v) is 4.37. The van der Waals surface area contributed by atoms with Gasteiger partial charge in [0.15, 0.2) is 0 Å². The van der Waals surface area contributed by atoms with Crippen molar-refractivity contribution in [1.82, 2.24) is 0 Å². The van der Waals surface area contributed by atoms with E-state index in [1.807, 2.05) is 6.07 Å². The highest BCUT2D eigenvalue weighted by Crippen LogP contribution is 2.17. The van der Waals surface area contributed by atoms with E-state index < -0.39 is 5.60 Å². The number of rotatable bonds is 3. The van der Waals surface area contributed by atoms with Gasteiger partial charge in [-0.15, -0.1) is 0 Å². The van der Waals surface area contributed by atoms with Gasteiger partial charge in [-0.05, 0) is 26.0 Å². The van der Waals surface area contributed by atoms with E-state index in [9.17, 15) is 5.11 Å². The van der Waals surface area contributed by atoms with Crippen molar-refractivity contribution >= 4 is 0 Å². The fourth-order valence-corrected chi connectivity index (χ4v) is 0.939. The number of nitrogens with zero attached hydrogens (tertiary/aromatic N) is 1. The minimum atomic E-state index is -0.886. The first-order chi connectivity index (χ1) is 6.53. The van der Waals surface area contributed by atoms with E-state index in [-0.39, 0.29) is 6.61 Å². The van der Waals surface area contributed by atoms with Gasteiger partial charge in [0, 0.05) is 0 Å². The Labute approximate surface area is 83.6 Å². The molecule has 1 rings (SSSR count). The lowest BCUT2D eigenvalue weighted by Gasteiger charge is -2.18. The van der Waals surface area contributed by atoms with Crippen LogP contribution in [0.4, 0.5) is 0 Å². The Balaban J connectivity index is 2.73. The van der Waals surface area contributed by atoms with Crippen LogP contribution in [0.25, 0.3) is 0 Å². The Morgan fingerprint density at radius 1 is 1.43 bits per heavy atom. The molecule has 0 fully saturated rings. The molecule has 0 atom stereocenters. The number of hydrogen-bond acceptors (Lipinski definition) is 3. The molecule has 0 radical (unpaired) electrons. The summed E-state index contributed by atoms with van der Waals surface area (Å²) in [5.41, 5.74) is -0.403. The minimum Gasteiger partial charge on any atom is -0.489 e. The van der Waals surface area contributed by atoms with Crippen molar-refractivity contribution in [2.45, 2.75) is 19.4 Å². The molecule has 0 amide bonds. The quantitative estimate of drug-likeness (QED) is 0.791. The van der Waals surface area contributed by atoms with Gasteiger partial charge in [0.05, 0.1) is 11.2 Å². The molecule has 3 nitrogen and oxygen atoms in total. The maximum absolute atomic E-state index is 9.43. The highest BCUT2D eigenvalue weighted by molar-refractivity contribution is 5.42. The monoisotopic (exact) mass is 191 g/mol. The van der Waals surface area contributed by atoms with E-state index in [0.717, 1.165) is 0 Å². The molecule has 14 heavy (non-hydrogen) atoms. The minimum absolute atomic E-state index is 0.172. The average molecular weight is 191 g/mol. The summed E-state index contributed by atoms with van der Waals surface area (Å²) in [6.45, 7) is 3.48. The second-order valence-electron chi connectivity index (χ2n) is 3.71. The summed E-state index contributed by atoms with van der Waals surface area (Å²) >= 11 is 0. The lowest BCUT2D eigenvalue weighted by molar-refractivity contribution is 0.0284. The molecule has 0 saturated heterocycles. The molecule has 0 aliphatic heterocycles. The Morgan fingerprint density at radius 3 is 2.64 bits per heavy atom. The van der Waals surface area contributed by atoms with Crippen molar-refractivity contribution in [2.24, 2.45) is 0 Å². The van der Waals surface area contributed by atoms with Crippen molar-refractivity contribution in [1.29, 1.82) is 5.26 Å². The van der Waals surface area contributed by atoms with Gasteiger partial charge in [0.2, 0.25) is 0 Å². The summed E-state index contributed by atoms with van der Waals surface area (Å²) in [4.78, 5) is 0. The number of aliphatic hydroxyl groups is 1. The summed E-state index contributed by atoms with van der Waals surface area (Å²) in [5.74, 6) is 0.511. The predicted octanol–water partition coefficient (Wildman–Crippen LogP) is 1.71. The van der Waals surface area contributed by atoms with Gasteiger partial charge in [0.1, 0.15) is 18.4 Å². The second kappa shape index (κ2) is 4.12. The Hall–Kier alpha value is -1.53. The Bertz CT molecular complexity index is 347. The van der Waals surface area contributed by atoms with Crippen molar-refractivity contribution in [3.63, 3.8) is 0 Å². The van der Waals surface area contributed by atoms with E-state index in [1.165, 1.54) is 0 Å². The van der Waals surface area contributed by atoms with Crippen LogP contribution in [0.2, 0.25) is 0 Å². The molecule has 1 N–H and O–H groups in total. The Morgan fingerprint density at radius 2 is 2.07 bits per heavy atom. The van der Waals surface area contributed by atoms with Gasteiger partial charge >= 0.3 is 0 Å². The number of ether oxygens (including phenoxy) is 1. The number of hydrogen-bond donors (Lipinski definition) is 1. The van der Waals surface area contributed by atoms with Crippen LogP contribution in [0.15, 0.2) is 24.3 Å². The highest BCUT2D eigenvalue weighted by Gasteiger charge is 2.14. The van der Waals surface area contributed by atoms with Crippen LogP contribution >= 0.6 is 0 Å². The van der Waals surface area contributed by atoms with E-state index in [2.05, 4.69) is 0 Å². The zero-order valence-electron chi connectivity index (χ0n) is 8.32. The third-order valence-corrected chi connectivity index (χ3v) is 1.59. The molecule has 0 spiro atoms. The summed E-state index contributed by atoms with van der Waals surface area (Å²) in [5, 5.41) is 18.2. The van der Waals surface area contributed by atoms with Crippen LogP contribution in [0.3, 0.4) is 0 Å². The van der Waals surface area contributed by atoms with Crippen molar-refractivity contribution < 1.29 is 9.84 Å². The van der Waals surface area contributed by atoms with Crippen molar-refractivity contribution in [3.05, 3.63) is 29.8 Å². The molecular formula is C11H13NO2. The fraction of sp³-hybridized carbons (Fsp3) is 0.364. The lowest BCUT2D eigenvalue weighted by atomic mass is 10.1. The second-order valence-corrected chi connectivity index (χ2v) is 3.71. The van der Waals surface area contributed by atoms with E-state index in [0.29, 0.717) is 11.3 Å². The van der Waals surface area contributed by atoms with Crippen LogP contribution in [0, 0.1) is 11.3 Å². The smallest absolute Gasteiger partial charge is 0.137 e. The van der Waals surface area contributed by atoms with Crippen LogP contribution in [-0.2, 0) is 0 Å². The van der Waals surface area contributed by atoms with Crippen LogP contribution < -0.4 is 4.74 Å². The standard InChI is InChI=1S/C11H13NO2/c1-11(2,13)8-14-10-6-4-3-5-9(10)7-12/h3-6,13H,8H2,1-2H3. The highest BCUT2D eigenvalue weighted by atomic mass is 16.5. The first kappa shape index (κ1) is 10.6. The molecule has 0 unspecified atom stereocenters. The number of benzene rings is 1. The molecule has 0 saturated carbocycles. The third-order valence-electron chi connectivity index (χ3n) is 1.59. The normalized spacial score (nSPS) is 10.7. The van der Waals surface area contributed by atoms with Gasteiger partial charge in [-0.2, -0.15) is 5.26 Å². The van der Waals surface area contributed by atoms with Crippen molar-refractivity contribution in [2.75, 3.05) is 6.61 Å². The molecule has 3 heteroatoms. The molecule has 1 aromatic carbocycles. The van der Waals surface area contributed by atoms with E-state index >= 15 is 0 Å². The van der Waals surface area contributed by atoms with Gasteiger partial charge < -0.3 is 9.84 Å². The van der Waals surface area contributed by atoms with E-state index in [4.69, 9.17) is 10.00 Å². The van der Waals surface area contributed by atoms with Crippen LogP contribution in [0.5, 0.6) is 5.75 Å².